The Balaban J connectivity index is 2.29. The summed E-state index contributed by atoms with van der Waals surface area (Å²) in [6.07, 6.45) is -3.25. The molecular weight excluding hydrogens is 313 g/mol. The van der Waals surface area contributed by atoms with Crippen LogP contribution in [0.1, 0.15) is 16.7 Å². The number of halogens is 3. The van der Waals surface area contributed by atoms with Gasteiger partial charge in [0.1, 0.15) is 5.25 Å². The first kappa shape index (κ1) is 16.5. The van der Waals surface area contributed by atoms with Gasteiger partial charge in [-0.2, -0.15) is 13.2 Å². The Bertz CT molecular complexity index is 720. The summed E-state index contributed by atoms with van der Waals surface area (Å²) in [6, 6.07) is 13.1. The van der Waals surface area contributed by atoms with E-state index in [1.807, 2.05) is 0 Å². The van der Waals surface area contributed by atoms with Crippen LogP contribution in [-0.2, 0) is 22.4 Å². The zero-order valence-corrected chi connectivity index (χ0v) is 12.6. The van der Waals surface area contributed by atoms with Crippen LogP contribution in [0.15, 0.2) is 54.6 Å². The van der Waals surface area contributed by atoms with Gasteiger partial charge in [-0.25, -0.2) is 8.42 Å². The first-order valence-corrected chi connectivity index (χ1v) is 8.34. The maximum absolute atomic E-state index is 12.5. The summed E-state index contributed by atoms with van der Waals surface area (Å²) < 4.78 is 61.5. The molecule has 2 aromatic carbocycles. The van der Waals surface area contributed by atoms with Gasteiger partial charge in [-0.15, -0.1) is 0 Å². The Hall–Kier alpha value is -1.82. The lowest BCUT2D eigenvalue weighted by molar-refractivity contribution is -0.137. The molecule has 0 saturated heterocycles. The second-order valence-electron chi connectivity index (χ2n) is 4.93. The lowest BCUT2D eigenvalue weighted by Crippen LogP contribution is -2.15. The second kappa shape index (κ2) is 6.12. The Morgan fingerprint density at radius 2 is 1.50 bits per heavy atom. The number of rotatable bonds is 4. The topological polar surface area (TPSA) is 34.1 Å². The molecule has 0 aliphatic heterocycles. The third-order valence-electron chi connectivity index (χ3n) is 3.19. The fourth-order valence-electron chi connectivity index (χ4n) is 2.07. The van der Waals surface area contributed by atoms with Crippen LogP contribution in [0.25, 0.3) is 0 Å². The highest BCUT2D eigenvalue weighted by molar-refractivity contribution is 7.93. The predicted molar refractivity (Wildman–Crippen MR) is 78.8 cm³/mol. The van der Waals surface area contributed by atoms with E-state index in [0.717, 1.165) is 18.4 Å². The monoisotopic (exact) mass is 327 g/mol. The smallest absolute Gasteiger partial charge is 0.228 e. The van der Waals surface area contributed by atoms with Crippen LogP contribution in [-0.4, -0.2) is 14.7 Å². The summed E-state index contributed by atoms with van der Waals surface area (Å²) in [5.74, 6) is 0. The van der Waals surface area contributed by atoms with Gasteiger partial charge >= 0.3 is 6.18 Å². The molecule has 2 aromatic rings. The van der Waals surface area contributed by atoms with Gasteiger partial charge in [-0.3, -0.25) is 0 Å². The maximum Gasteiger partial charge on any atom is 0.416 e. The van der Waals surface area contributed by atoms with Crippen LogP contribution in [0, 0.1) is 5.25 Å². The molecule has 0 aliphatic rings. The predicted octanol–water partition coefficient (Wildman–Crippen LogP) is 3.87. The van der Waals surface area contributed by atoms with Gasteiger partial charge in [-0.05, 0) is 29.7 Å². The molecule has 0 fully saturated rings. The van der Waals surface area contributed by atoms with Gasteiger partial charge in [0.15, 0.2) is 9.84 Å². The first-order valence-electron chi connectivity index (χ1n) is 6.45. The Morgan fingerprint density at radius 1 is 0.955 bits per heavy atom. The molecule has 0 amide bonds. The van der Waals surface area contributed by atoms with Crippen LogP contribution >= 0.6 is 0 Å². The fraction of sp³-hybridized carbons (Fsp3) is 0.188. The van der Waals surface area contributed by atoms with E-state index in [1.54, 1.807) is 30.3 Å². The van der Waals surface area contributed by atoms with Gasteiger partial charge in [0.2, 0.25) is 0 Å². The minimum absolute atomic E-state index is 0.0565. The molecule has 0 aliphatic carbocycles. The second-order valence-corrected chi connectivity index (χ2v) is 6.97. The van der Waals surface area contributed by atoms with Crippen molar-refractivity contribution in [3.63, 3.8) is 0 Å². The normalized spacial score (nSPS) is 12.6. The number of hydrogen-bond donors (Lipinski definition) is 0. The van der Waals surface area contributed by atoms with Crippen molar-refractivity contribution in [2.75, 3.05) is 6.26 Å². The maximum atomic E-state index is 12.5. The number of sulfone groups is 1. The molecule has 0 spiro atoms. The van der Waals surface area contributed by atoms with Crippen molar-refractivity contribution in [2.45, 2.75) is 12.6 Å². The highest BCUT2D eigenvalue weighted by atomic mass is 32.2. The lowest BCUT2D eigenvalue weighted by Gasteiger charge is -2.15. The van der Waals surface area contributed by atoms with E-state index >= 15 is 0 Å². The molecule has 2 rings (SSSR count). The molecule has 0 saturated carbocycles. The number of hydrogen-bond acceptors (Lipinski definition) is 2. The third-order valence-corrected chi connectivity index (χ3v) is 4.46. The van der Waals surface area contributed by atoms with E-state index in [4.69, 9.17) is 0 Å². The Kier molecular flexibility index (Phi) is 4.60. The van der Waals surface area contributed by atoms with Crippen molar-refractivity contribution in [2.24, 2.45) is 0 Å². The minimum atomic E-state index is -4.40. The molecule has 0 unspecified atom stereocenters. The van der Waals surface area contributed by atoms with E-state index in [9.17, 15) is 21.6 Å². The minimum Gasteiger partial charge on any atom is -0.228 e. The van der Waals surface area contributed by atoms with Gasteiger partial charge in [0.25, 0.3) is 0 Å². The van der Waals surface area contributed by atoms with E-state index in [2.05, 4.69) is 0 Å². The molecular formula is C16H14F3O2S. The summed E-state index contributed by atoms with van der Waals surface area (Å²) in [6.45, 7) is 0. The molecule has 1 radical (unpaired) electrons. The lowest BCUT2D eigenvalue weighted by atomic mass is 10.0. The zero-order chi connectivity index (χ0) is 16.4. The van der Waals surface area contributed by atoms with Crippen LogP contribution < -0.4 is 0 Å². The van der Waals surface area contributed by atoms with Crippen molar-refractivity contribution in [3.05, 3.63) is 76.5 Å². The van der Waals surface area contributed by atoms with Gasteiger partial charge in [0, 0.05) is 6.26 Å². The van der Waals surface area contributed by atoms with Crippen molar-refractivity contribution in [1.29, 1.82) is 0 Å². The third kappa shape index (κ3) is 4.10. The van der Waals surface area contributed by atoms with Gasteiger partial charge in [0.05, 0.1) is 5.56 Å². The van der Waals surface area contributed by atoms with Gasteiger partial charge < -0.3 is 0 Å². The Labute approximate surface area is 127 Å². The molecule has 22 heavy (non-hydrogen) atoms. The number of benzene rings is 2. The van der Waals surface area contributed by atoms with Gasteiger partial charge in [-0.1, -0.05) is 42.5 Å². The largest absolute Gasteiger partial charge is 0.416 e. The van der Waals surface area contributed by atoms with Crippen LogP contribution in [0.4, 0.5) is 13.2 Å². The molecule has 6 heteroatoms. The molecule has 0 bridgehead atoms. The van der Waals surface area contributed by atoms with Crippen molar-refractivity contribution in [1.82, 2.24) is 0 Å². The SMILES string of the molecule is CS(=O)(=O)[C](Cc1ccc(C(F)(F)F)cc1)c1ccccc1. The highest BCUT2D eigenvalue weighted by Gasteiger charge is 2.30. The summed E-state index contributed by atoms with van der Waals surface area (Å²) in [5, 5.41) is 0.188. The quantitative estimate of drug-likeness (QED) is 0.854. The van der Waals surface area contributed by atoms with Crippen molar-refractivity contribution in [3.8, 4) is 0 Å². The first-order chi connectivity index (χ1) is 10.2. The Morgan fingerprint density at radius 3 is 1.95 bits per heavy atom. The fourth-order valence-corrected chi connectivity index (χ4v) is 3.06. The van der Waals surface area contributed by atoms with E-state index in [1.165, 1.54) is 12.1 Å². The van der Waals surface area contributed by atoms with Crippen LogP contribution in [0.2, 0.25) is 0 Å². The van der Waals surface area contributed by atoms with Crippen molar-refractivity contribution < 1.29 is 21.6 Å². The van der Waals surface area contributed by atoms with E-state index in [-0.39, 0.29) is 11.7 Å². The molecule has 0 aromatic heterocycles. The average molecular weight is 327 g/mol. The number of alkyl halides is 3. The molecule has 2 nitrogen and oxygen atoms in total. The average Bonchev–Trinajstić information content (AvgIpc) is 2.44. The summed E-state index contributed by atoms with van der Waals surface area (Å²) in [4.78, 5) is 0. The van der Waals surface area contributed by atoms with Crippen LogP contribution in [0.3, 0.4) is 0 Å². The summed E-state index contributed by atoms with van der Waals surface area (Å²) in [5.41, 5.74) is 0.305. The molecule has 0 N–H and O–H groups in total. The molecule has 117 valence electrons. The zero-order valence-electron chi connectivity index (χ0n) is 11.8. The molecule has 0 atom stereocenters. The highest BCUT2D eigenvalue weighted by Crippen LogP contribution is 2.30. The molecule has 0 heterocycles. The summed E-state index contributed by atoms with van der Waals surface area (Å²) in [7, 11) is -3.46. The van der Waals surface area contributed by atoms with E-state index < -0.39 is 21.6 Å². The summed E-state index contributed by atoms with van der Waals surface area (Å²) >= 11 is 0. The standard InChI is InChI=1S/C16H14F3O2S/c1-22(20,21)15(13-5-3-2-4-6-13)11-12-7-9-14(10-8-12)16(17,18)19/h2-10H,11H2,1H3. The van der Waals surface area contributed by atoms with E-state index in [0.29, 0.717) is 11.1 Å². The van der Waals surface area contributed by atoms with Crippen LogP contribution in [0.5, 0.6) is 0 Å². The van der Waals surface area contributed by atoms with Crippen molar-refractivity contribution >= 4 is 9.84 Å².